The van der Waals surface area contributed by atoms with E-state index in [1.165, 1.54) is 24.9 Å². The molecule has 1 amide bonds. The molecule has 2 saturated carbocycles. The molecule has 0 radical (unpaired) electrons. The fraction of sp³-hybridized carbons (Fsp3) is 0.480. The summed E-state index contributed by atoms with van der Waals surface area (Å²) in [5.74, 6) is 2.18. The lowest BCUT2D eigenvalue weighted by Gasteiger charge is -2.34. The summed E-state index contributed by atoms with van der Waals surface area (Å²) in [5, 5.41) is 3.29. The van der Waals surface area contributed by atoms with E-state index in [-0.39, 0.29) is 5.91 Å². The highest BCUT2D eigenvalue weighted by molar-refractivity contribution is 6.04. The minimum Gasteiger partial charge on any atom is -0.369 e. The van der Waals surface area contributed by atoms with Crippen LogP contribution in [0.5, 0.6) is 0 Å². The van der Waals surface area contributed by atoms with Crippen LogP contribution >= 0.6 is 0 Å². The molecule has 3 aliphatic rings. The van der Waals surface area contributed by atoms with Crippen molar-refractivity contribution in [1.29, 1.82) is 0 Å². The molecule has 1 saturated heterocycles. The third kappa shape index (κ3) is 3.54. The highest BCUT2D eigenvalue weighted by atomic mass is 16.1. The predicted octanol–water partition coefficient (Wildman–Crippen LogP) is 3.30. The number of aromatic amines is 1. The summed E-state index contributed by atoms with van der Waals surface area (Å²) < 4.78 is 0. The molecule has 3 heterocycles. The van der Waals surface area contributed by atoms with Crippen LogP contribution in [0.1, 0.15) is 36.0 Å². The van der Waals surface area contributed by atoms with Crippen molar-refractivity contribution in [2.45, 2.75) is 31.7 Å². The summed E-state index contributed by atoms with van der Waals surface area (Å²) in [4.78, 5) is 30.3. The Morgan fingerprint density at radius 2 is 1.88 bits per heavy atom. The standard InChI is InChI=1S/C25H30N6O/c1-30-10-12-31(13-11-30)19-6-4-17(5-7-19)23-28-22-20(8-9-26-24(22)29-23)25(32)27-21-15-16-2-3-18(21)14-16/h4-9,16,18,21H,2-3,10-15H2,1H3,(H,27,32)(H,26,28,29). The summed E-state index contributed by atoms with van der Waals surface area (Å²) in [7, 11) is 2.17. The molecule has 7 heteroatoms. The highest BCUT2D eigenvalue weighted by Crippen LogP contribution is 2.44. The van der Waals surface area contributed by atoms with Gasteiger partial charge in [-0.25, -0.2) is 9.97 Å². The van der Waals surface area contributed by atoms with Gasteiger partial charge in [0.1, 0.15) is 5.82 Å². The van der Waals surface area contributed by atoms with Crippen LogP contribution in [0.15, 0.2) is 36.5 Å². The van der Waals surface area contributed by atoms with Crippen LogP contribution in [-0.2, 0) is 0 Å². The molecule has 0 spiro atoms. The van der Waals surface area contributed by atoms with Crippen LogP contribution in [0, 0.1) is 11.8 Å². The first kappa shape index (κ1) is 19.7. The molecule has 3 unspecified atom stereocenters. The average Bonchev–Trinajstić information content (AvgIpc) is 3.55. The number of nitrogens with zero attached hydrogens (tertiary/aromatic N) is 4. The zero-order valence-electron chi connectivity index (χ0n) is 18.6. The summed E-state index contributed by atoms with van der Waals surface area (Å²) >= 11 is 0. The zero-order chi connectivity index (χ0) is 21.7. The molecule has 6 rings (SSSR count). The van der Waals surface area contributed by atoms with E-state index in [1.807, 2.05) is 0 Å². The number of rotatable bonds is 4. The van der Waals surface area contributed by atoms with E-state index in [4.69, 9.17) is 0 Å². The zero-order valence-corrected chi connectivity index (χ0v) is 18.6. The molecule has 7 nitrogen and oxygen atoms in total. The van der Waals surface area contributed by atoms with Gasteiger partial charge in [-0.1, -0.05) is 6.42 Å². The van der Waals surface area contributed by atoms with Crippen LogP contribution < -0.4 is 10.2 Å². The molecule has 32 heavy (non-hydrogen) atoms. The maximum Gasteiger partial charge on any atom is 0.253 e. The molecule has 2 N–H and O–H groups in total. The quantitative estimate of drug-likeness (QED) is 0.664. The maximum absolute atomic E-state index is 13.1. The summed E-state index contributed by atoms with van der Waals surface area (Å²) in [6.07, 6.45) is 6.65. The fourth-order valence-corrected chi connectivity index (χ4v) is 5.80. The van der Waals surface area contributed by atoms with Crippen molar-refractivity contribution in [3.05, 3.63) is 42.1 Å². The average molecular weight is 431 g/mol. The molecule has 2 bridgehead atoms. The van der Waals surface area contributed by atoms with Gasteiger partial charge < -0.3 is 20.1 Å². The first-order chi connectivity index (χ1) is 15.6. The number of hydrogen-bond donors (Lipinski definition) is 2. The second kappa shape index (κ2) is 7.89. The van der Waals surface area contributed by atoms with Crippen molar-refractivity contribution in [2.75, 3.05) is 38.1 Å². The lowest BCUT2D eigenvalue weighted by Crippen LogP contribution is -2.44. The molecule has 1 aliphatic heterocycles. The van der Waals surface area contributed by atoms with Crippen LogP contribution in [0.3, 0.4) is 0 Å². The second-order valence-corrected chi connectivity index (χ2v) is 9.73. The van der Waals surface area contributed by atoms with Gasteiger partial charge in [-0.15, -0.1) is 0 Å². The van der Waals surface area contributed by atoms with Gasteiger partial charge >= 0.3 is 0 Å². The smallest absolute Gasteiger partial charge is 0.253 e. The Morgan fingerprint density at radius 3 is 2.59 bits per heavy atom. The minimum absolute atomic E-state index is 0.0180. The van der Waals surface area contributed by atoms with Crippen molar-refractivity contribution in [3.8, 4) is 11.4 Å². The van der Waals surface area contributed by atoms with Gasteiger partial charge in [0.2, 0.25) is 0 Å². The van der Waals surface area contributed by atoms with Crippen LogP contribution in [0.2, 0.25) is 0 Å². The lowest BCUT2D eigenvalue weighted by atomic mass is 9.95. The van der Waals surface area contributed by atoms with E-state index < -0.39 is 0 Å². The number of piperazine rings is 1. The number of carbonyl (C=O) groups excluding carboxylic acids is 1. The monoisotopic (exact) mass is 430 g/mol. The predicted molar refractivity (Wildman–Crippen MR) is 126 cm³/mol. The van der Waals surface area contributed by atoms with Crippen molar-refractivity contribution < 1.29 is 4.79 Å². The Labute approximate surface area is 188 Å². The van der Waals surface area contributed by atoms with E-state index in [0.29, 0.717) is 28.7 Å². The van der Waals surface area contributed by atoms with Crippen molar-refractivity contribution in [3.63, 3.8) is 0 Å². The summed E-state index contributed by atoms with van der Waals surface area (Å²) in [6, 6.07) is 10.6. The third-order valence-corrected chi connectivity index (χ3v) is 7.70. The number of pyridine rings is 1. The first-order valence-electron chi connectivity index (χ1n) is 11.8. The summed E-state index contributed by atoms with van der Waals surface area (Å²) in [6.45, 7) is 4.27. The van der Waals surface area contributed by atoms with Crippen molar-refractivity contribution in [2.24, 2.45) is 11.8 Å². The molecule has 3 atom stereocenters. The Morgan fingerprint density at radius 1 is 1.06 bits per heavy atom. The van der Waals surface area contributed by atoms with E-state index >= 15 is 0 Å². The minimum atomic E-state index is -0.0180. The molecule has 3 aromatic rings. The van der Waals surface area contributed by atoms with Gasteiger partial charge in [-0.2, -0.15) is 0 Å². The largest absolute Gasteiger partial charge is 0.369 e. The van der Waals surface area contributed by atoms with Gasteiger partial charge in [0.05, 0.1) is 11.1 Å². The molecule has 166 valence electrons. The molecular weight excluding hydrogens is 400 g/mol. The van der Waals surface area contributed by atoms with Gasteiger partial charge in [0.15, 0.2) is 5.65 Å². The Kier molecular flexibility index (Phi) is 4.86. The van der Waals surface area contributed by atoms with Crippen molar-refractivity contribution >= 4 is 22.8 Å². The van der Waals surface area contributed by atoms with Gasteiger partial charge in [0.25, 0.3) is 5.91 Å². The SMILES string of the molecule is CN1CCN(c2ccc(-c3nc4nccc(C(=O)NC5CC6CCC5C6)c4[nH]3)cc2)CC1. The number of carbonyl (C=O) groups is 1. The number of nitrogens with one attached hydrogen (secondary N) is 2. The Hall–Kier alpha value is -2.93. The van der Waals surface area contributed by atoms with E-state index in [1.54, 1.807) is 12.3 Å². The van der Waals surface area contributed by atoms with Crippen LogP contribution in [0.25, 0.3) is 22.6 Å². The molecule has 2 aliphatic carbocycles. The number of aromatic nitrogens is 3. The normalized spacial score (nSPS) is 25.5. The van der Waals surface area contributed by atoms with Gasteiger partial charge in [-0.3, -0.25) is 4.79 Å². The van der Waals surface area contributed by atoms with E-state index in [2.05, 4.69) is 61.4 Å². The number of fused-ring (bicyclic) bond motifs is 3. The Bertz CT molecular complexity index is 1130. The van der Waals surface area contributed by atoms with Crippen LogP contribution in [0.4, 0.5) is 5.69 Å². The van der Waals surface area contributed by atoms with Crippen molar-refractivity contribution in [1.82, 2.24) is 25.2 Å². The third-order valence-electron chi connectivity index (χ3n) is 7.70. The number of likely N-dealkylation sites (N-methyl/N-ethyl adjacent to an activating group) is 1. The maximum atomic E-state index is 13.1. The molecular formula is C25H30N6O. The fourth-order valence-electron chi connectivity index (χ4n) is 5.80. The number of imidazole rings is 1. The molecule has 1 aromatic carbocycles. The molecule has 2 aromatic heterocycles. The summed E-state index contributed by atoms with van der Waals surface area (Å²) in [5.41, 5.74) is 4.17. The number of benzene rings is 1. The highest BCUT2D eigenvalue weighted by Gasteiger charge is 2.40. The lowest BCUT2D eigenvalue weighted by molar-refractivity contribution is 0.0924. The number of H-pyrrole nitrogens is 1. The Balaban J connectivity index is 1.22. The van der Waals surface area contributed by atoms with Crippen LogP contribution in [-0.4, -0.2) is 65.0 Å². The second-order valence-electron chi connectivity index (χ2n) is 9.73. The van der Waals surface area contributed by atoms with E-state index in [0.717, 1.165) is 49.9 Å². The molecule has 3 fully saturated rings. The topological polar surface area (TPSA) is 77.2 Å². The van der Waals surface area contributed by atoms with E-state index in [9.17, 15) is 4.79 Å². The first-order valence-corrected chi connectivity index (χ1v) is 11.8. The van der Waals surface area contributed by atoms with Gasteiger partial charge in [0, 0.05) is 49.7 Å². The number of anilines is 1. The number of amides is 1. The number of hydrogen-bond acceptors (Lipinski definition) is 5. The van der Waals surface area contributed by atoms with Gasteiger partial charge in [-0.05, 0) is 68.5 Å².